The lowest BCUT2D eigenvalue weighted by Crippen LogP contribution is -2.28. The van der Waals surface area contributed by atoms with E-state index in [1.165, 1.54) is 0 Å². The molecule has 1 aliphatic rings. The van der Waals surface area contributed by atoms with Gasteiger partial charge in [0.15, 0.2) is 0 Å². The van der Waals surface area contributed by atoms with E-state index in [9.17, 15) is 4.79 Å². The van der Waals surface area contributed by atoms with Gasteiger partial charge < -0.3 is 10.1 Å². The minimum absolute atomic E-state index is 0.00138. The van der Waals surface area contributed by atoms with Crippen LogP contribution in [0.5, 0.6) is 5.75 Å². The van der Waals surface area contributed by atoms with Crippen molar-refractivity contribution in [1.82, 2.24) is 15.1 Å². The average Bonchev–Trinajstić information content (AvgIpc) is 2.96. The first-order chi connectivity index (χ1) is 12.7. The second kappa shape index (κ2) is 7.20. The van der Waals surface area contributed by atoms with E-state index in [1.54, 1.807) is 4.68 Å². The van der Waals surface area contributed by atoms with E-state index < -0.39 is 0 Å². The molecule has 0 fully saturated rings. The molecule has 0 saturated heterocycles. The third-order valence-corrected chi connectivity index (χ3v) is 4.90. The number of hydrogen-bond acceptors (Lipinski definition) is 3. The van der Waals surface area contributed by atoms with Crippen LogP contribution in [0.25, 0.3) is 10.8 Å². The van der Waals surface area contributed by atoms with E-state index in [0.717, 1.165) is 40.5 Å². The number of amides is 1. The van der Waals surface area contributed by atoms with Gasteiger partial charge in [0.1, 0.15) is 5.75 Å². The molecule has 0 spiro atoms. The number of aryl methyl sites for hydroxylation is 2. The highest BCUT2D eigenvalue weighted by Crippen LogP contribution is 2.37. The monoisotopic (exact) mass is 349 g/mol. The number of benzene rings is 2. The van der Waals surface area contributed by atoms with Gasteiger partial charge in [-0.25, -0.2) is 0 Å². The fraction of sp³-hybridized carbons (Fsp3) is 0.333. The average molecular weight is 349 g/mol. The van der Waals surface area contributed by atoms with Gasteiger partial charge in [0.2, 0.25) is 5.91 Å². The summed E-state index contributed by atoms with van der Waals surface area (Å²) in [7, 11) is 1.89. The maximum absolute atomic E-state index is 12.5. The van der Waals surface area contributed by atoms with Crippen LogP contribution in [-0.2, 0) is 18.3 Å². The van der Waals surface area contributed by atoms with Crippen molar-refractivity contribution in [2.75, 3.05) is 6.61 Å². The number of rotatable bonds is 4. The second-order valence-electron chi connectivity index (χ2n) is 6.84. The topological polar surface area (TPSA) is 56.2 Å². The fourth-order valence-corrected chi connectivity index (χ4v) is 3.59. The molecule has 5 nitrogen and oxygen atoms in total. The number of ether oxygens (including phenoxy) is 1. The molecule has 1 atom stereocenters. The molecule has 1 aliphatic heterocycles. The molecular weight excluding hydrogens is 326 g/mol. The Bertz CT molecular complexity index is 932. The SMILES string of the molecule is Cn1cc(CCC(=O)N[C@@H]2CCCOc3c2ccc2ccccc32)cn1. The summed E-state index contributed by atoms with van der Waals surface area (Å²) in [6.45, 7) is 0.684. The van der Waals surface area contributed by atoms with Crippen molar-refractivity contribution < 1.29 is 9.53 Å². The van der Waals surface area contributed by atoms with Gasteiger partial charge in [0, 0.05) is 30.6 Å². The van der Waals surface area contributed by atoms with E-state index in [2.05, 4.69) is 34.7 Å². The van der Waals surface area contributed by atoms with Crippen LogP contribution in [-0.4, -0.2) is 22.3 Å². The molecule has 2 heterocycles. The predicted octanol–water partition coefficient (Wildman–Crippen LogP) is 3.54. The van der Waals surface area contributed by atoms with Crippen LogP contribution in [0, 0.1) is 0 Å². The maximum Gasteiger partial charge on any atom is 0.220 e. The smallest absolute Gasteiger partial charge is 0.220 e. The number of aromatic nitrogens is 2. The number of nitrogens with zero attached hydrogens (tertiary/aromatic N) is 2. The minimum atomic E-state index is -0.00138. The molecule has 5 heteroatoms. The van der Waals surface area contributed by atoms with Crippen LogP contribution in [0.15, 0.2) is 48.8 Å². The maximum atomic E-state index is 12.5. The Morgan fingerprint density at radius 3 is 3.04 bits per heavy atom. The van der Waals surface area contributed by atoms with Gasteiger partial charge in [-0.3, -0.25) is 9.48 Å². The molecule has 2 aromatic carbocycles. The highest BCUT2D eigenvalue weighted by atomic mass is 16.5. The lowest BCUT2D eigenvalue weighted by Gasteiger charge is -2.19. The molecule has 1 aromatic heterocycles. The number of hydrogen-bond donors (Lipinski definition) is 1. The fourth-order valence-electron chi connectivity index (χ4n) is 3.59. The molecule has 1 amide bonds. The Labute approximate surface area is 153 Å². The number of carbonyl (C=O) groups excluding carboxylic acids is 1. The first-order valence-corrected chi connectivity index (χ1v) is 9.12. The number of carbonyl (C=O) groups is 1. The van der Waals surface area contributed by atoms with Crippen LogP contribution < -0.4 is 10.1 Å². The molecule has 3 aromatic rings. The first kappa shape index (κ1) is 16.6. The summed E-state index contributed by atoms with van der Waals surface area (Å²) in [5.41, 5.74) is 2.16. The van der Waals surface area contributed by atoms with Crippen molar-refractivity contribution >= 4 is 16.7 Å². The van der Waals surface area contributed by atoms with Gasteiger partial charge >= 0.3 is 0 Å². The van der Waals surface area contributed by atoms with Crippen molar-refractivity contribution in [2.24, 2.45) is 7.05 Å². The summed E-state index contributed by atoms with van der Waals surface area (Å²) in [5.74, 6) is 0.984. The third-order valence-electron chi connectivity index (χ3n) is 4.90. The van der Waals surface area contributed by atoms with Crippen molar-refractivity contribution in [3.8, 4) is 5.75 Å². The van der Waals surface area contributed by atoms with Crippen LogP contribution in [0.2, 0.25) is 0 Å². The highest BCUT2D eigenvalue weighted by molar-refractivity contribution is 5.90. The molecule has 0 unspecified atom stereocenters. The summed E-state index contributed by atoms with van der Waals surface area (Å²) < 4.78 is 7.80. The normalized spacial score (nSPS) is 16.6. The molecule has 1 N–H and O–H groups in total. The lowest BCUT2D eigenvalue weighted by atomic mass is 9.97. The zero-order chi connectivity index (χ0) is 17.9. The van der Waals surface area contributed by atoms with Gasteiger partial charge in [-0.2, -0.15) is 5.10 Å². The van der Waals surface area contributed by atoms with Gasteiger partial charge in [-0.15, -0.1) is 0 Å². The molecule has 0 radical (unpaired) electrons. The Hall–Kier alpha value is -2.82. The molecule has 0 saturated carbocycles. The number of nitrogens with one attached hydrogen (secondary N) is 1. The highest BCUT2D eigenvalue weighted by Gasteiger charge is 2.23. The Balaban J connectivity index is 1.52. The van der Waals surface area contributed by atoms with Gasteiger partial charge in [-0.1, -0.05) is 36.4 Å². The third kappa shape index (κ3) is 3.43. The Morgan fingerprint density at radius 1 is 1.31 bits per heavy atom. The van der Waals surface area contributed by atoms with Gasteiger partial charge in [-0.05, 0) is 30.2 Å². The van der Waals surface area contributed by atoms with Crippen molar-refractivity contribution in [1.29, 1.82) is 0 Å². The minimum Gasteiger partial charge on any atom is -0.493 e. The van der Waals surface area contributed by atoms with Crippen LogP contribution >= 0.6 is 0 Å². The van der Waals surface area contributed by atoms with E-state index in [0.29, 0.717) is 19.4 Å². The Kier molecular flexibility index (Phi) is 4.61. The standard InChI is InChI=1S/C21H23N3O2/c1-24-14-15(13-22-24)8-11-20(25)23-19-7-4-12-26-21-17-6-3-2-5-16(17)9-10-18(19)21/h2-3,5-6,9-10,13-14,19H,4,7-8,11-12H2,1H3,(H,23,25)/t19-/m1/s1. The van der Waals surface area contributed by atoms with Gasteiger partial charge in [0.05, 0.1) is 18.8 Å². The van der Waals surface area contributed by atoms with Crippen molar-refractivity contribution in [3.63, 3.8) is 0 Å². The molecule has 4 rings (SSSR count). The van der Waals surface area contributed by atoms with Crippen LogP contribution in [0.3, 0.4) is 0 Å². The summed E-state index contributed by atoms with van der Waals surface area (Å²) in [4.78, 5) is 12.5. The van der Waals surface area contributed by atoms with E-state index in [1.807, 2.05) is 31.6 Å². The van der Waals surface area contributed by atoms with Crippen LogP contribution in [0.4, 0.5) is 0 Å². The number of fused-ring (bicyclic) bond motifs is 3. The largest absolute Gasteiger partial charge is 0.493 e. The second-order valence-corrected chi connectivity index (χ2v) is 6.84. The molecule has 0 aliphatic carbocycles. The van der Waals surface area contributed by atoms with E-state index in [-0.39, 0.29) is 11.9 Å². The van der Waals surface area contributed by atoms with Crippen molar-refractivity contribution in [2.45, 2.75) is 31.7 Å². The molecule has 134 valence electrons. The molecular formula is C21H23N3O2. The summed E-state index contributed by atoms with van der Waals surface area (Å²) >= 11 is 0. The zero-order valence-corrected chi connectivity index (χ0v) is 14.9. The summed E-state index contributed by atoms with van der Waals surface area (Å²) in [5, 5.41) is 9.63. The zero-order valence-electron chi connectivity index (χ0n) is 14.9. The van der Waals surface area contributed by atoms with Crippen LogP contribution in [0.1, 0.15) is 36.4 Å². The summed E-state index contributed by atoms with van der Waals surface area (Å²) in [6, 6.07) is 12.4. The quantitative estimate of drug-likeness (QED) is 0.784. The molecule has 0 bridgehead atoms. The molecule has 26 heavy (non-hydrogen) atoms. The van der Waals surface area contributed by atoms with Crippen molar-refractivity contribution in [3.05, 3.63) is 59.9 Å². The van der Waals surface area contributed by atoms with Gasteiger partial charge in [0.25, 0.3) is 0 Å². The Morgan fingerprint density at radius 2 is 2.19 bits per heavy atom. The van der Waals surface area contributed by atoms with E-state index in [4.69, 9.17) is 4.74 Å². The first-order valence-electron chi connectivity index (χ1n) is 9.12. The van der Waals surface area contributed by atoms with E-state index >= 15 is 0 Å². The lowest BCUT2D eigenvalue weighted by molar-refractivity contribution is -0.121. The summed E-state index contributed by atoms with van der Waals surface area (Å²) in [6.07, 6.45) is 6.75. The predicted molar refractivity (Wildman–Crippen MR) is 101 cm³/mol.